The van der Waals surface area contributed by atoms with Gasteiger partial charge in [0.1, 0.15) is 0 Å². The Morgan fingerprint density at radius 2 is 1.07 bits per heavy atom. The largest absolute Gasteiger partial charge is 0.0622 e. The predicted molar refractivity (Wildman–Crippen MR) is 66.7 cm³/mol. The lowest BCUT2D eigenvalue weighted by Gasteiger charge is -2.25. The van der Waals surface area contributed by atoms with Crippen LogP contribution in [-0.2, 0) is 0 Å². The Labute approximate surface area is 95.8 Å². The van der Waals surface area contributed by atoms with Crippen LogP contribution < -0.4 is 0 Å². The van der Waals surface area contributed by atoms with Crippen molar-refractivity contribution in [2.24, 2.45) is 35.5 Å². The highest BCUT2D eigenvalue weighted by Crippen LogP contribution is 2.46. The summed E-state index contributed by atoms with van der Waals surface area (Å²) in [5.41, 5.74) is 0. The van der Waals surface area contributed by atoms with Gasteiger partial charge in [0.05, 0.1) is 0 Å². The lowest BCUT2D eigenvalue weighted by atomic mass is 9.81. The molecule has 0 N–H and O–H groups in total. The summed E-state index contributed by atoms with van der Waals surface area (Å²) in [6.07, 6.45) is 7.54. The summed E-state index contributed by atoms with van der Waals surface area (Å²) in [5.74, 6) is 6.07. The van der Waals surface area contributed by atoms with Crippen molar-refractivity contribution in [1.82, 2.24) is 0 Å². The van der Waals surface area contributed by atoms with E-state index in [0.717, 1.165) is 35.5 Å². The van der Waals surface area contributed by atoms with Crippen molar-refractivity contribution in [3.8, 4) is 0 Å². The minimum Gasteiger partial charge on any atom is -0.0622 e. The molecule has 2 fully saturated rings. The molecule has 0 nitrogen and oxygen atoms in total. The fourth-order valence-electron chi connectivity index (χ4n) is 3.99. The van der Waals surface area contributed by atoms with Crippen LogP contribution >= 0.6 is 0 Å². The van der Waals surface area contributed by atoms with Crippen LogP contribution in [0.5, 0.6) is 0 Å². The zero-order chi connectivity index (χ0) is 11.0. The van der Waals surface area contributed by atoms with Crippen LogP contribution in [-0.4, -0.2) is 0 Å². The van der Waals surface area contributed by atoms with E-state index in [9.17, 15) is 0 Å². The van der Waals surface area contributed by atoms with Crippen LogP contribution in [0.2, 0.25) is 0 Å². The fourth-order valence-corrected chi connectivity index (χ4v) is 3.99. The average molecular weight is 208 g/mol. The van der Waals surface area contributed by atoms with E-state index >= 15 is 0 Å². The maximum atomic E-state index is 2.49. The second-order valence-corrected chi connectivity index (χ2v) is 6.58. The SMILES string of the molecule is CC1CCC(CC2CCC(C)C2C)C1C. The Kier molecular flexibility index (Phi) is 3.42. The van der Waals surface area contributed by atoms with E-state index in [-0.39, 0.29) is 0 Å². The van der Waals surface area contributed by atoms with E-state index in [0.29, 0.717) is 0 Å². The molecular formula is C15H28. The smallest absolute Gasteiger partial charge is 0.0383 e. The van der Waals surface area contributed by atoms with Gasteiger partial charge in [-0.1, -0.05) is 40.5 Å². The normalized spacial score (nSPS) is 51.2. The molecule has 2 saturated carbocycles. The highest BCUT2D eigenvalue weighted by Gasteiger charge is 2.36. The molecule has 6 atom stereocenters. The molecule has 0 bridgehead atoms. The molecule has 0 amide bonds. The maximum Gasteiger partial charge on any atom is -0.0383 e. The molecule has 0 saturated heterocycles. The van der Waals surface area contributed by atoms with Crippen molar-refractivity contribution in [1.29, 1.82) is 0 Å². The molecule has 0 aromatic rings. The van der Waals surface area contributed by atoms with E-state index in [4.69, 9.17) is 0 Å². The zero-order valence-electron chi connectivity index (χ0n) is 11.0. The topological polar surface area (TPSA) is 0 Å². The van der Waals surface area contributed by atoms with Crippen LogP contribution in [0.15, 0.2) is 0 Å². The van der Waals surface area contributed by atoms with Crippen LogP contribution in [0.3, 0.4) is 0 Å². The molecule has 0 aromatic carbocycles. The minimum atomic E-state index is 0.990. The lowest BCUT2D eigenvalue weighted by Crippen LogP contribution is -2.17. The molecule has 0 spiro atoms. The molecule has 2 aliphatic rings. The third-order valence-corrected chi connectivity index (χ3v) is 5.87. The Morgan fingerprint density at radius 1 is 0.667 bits per heavy atom. The third-order valence-electron chi connectivity index (χ3n) is 5.87. The fraction of sp³-hybridized carbons (Fsp3) is 1.00. The van der Waals surface area contributed by atoms with Gasteiger partial charge in [-0.2, -0.15) is 0 Å². The third kappa shape index (κ3) is 2.24. The summed E-state index contributed by atoms with van der Waals surface area (Å²) in [6.45, 7) is 9.88. The lowest BCUT2D eigenvalue weighted by molar-refractivity contribution is 0.248. The first-order valence-electron chi connectivity index (χ1n) is 7.09. The molecule has 0 heteroatoms. The van der Waals surface area contributed by atoms with Gasteiger partial charge in [0.2, 0.25) is 0 Å². The molecule has 88 valence electrons. The Morgan fingerprint density at radius 3 is 1.33 bits per heavy atom. The highest BCUT2D eigenvalue weighted by atomic mass is 14.4. The Balaban J connectivity index is 1.87. The van der Waals surface area contributed by atoms with Crippen LogP contribution in [0.25, 0.3) is 0 Å². The molecule has 2 rings (SSSR count). The summed E-state index contributed by atoms with van der Waals surface area (Å²) in [5, 5.41) is 0. The van der Waals surface area contributed by atoms with Crippen molar-refractivity contribution >= 4 is 0 Å². The molecule has 0 heterocycles. The Bertz CT molecular complexity index is 186. The summed E-state index contributed by atoms with van der Waals surface area (Å²) < 4.78 is 0. The van der Waals surface area contributed by atoms with E-state index in [1.54, 1.807) is 0 Å². The second kappa shape index (κ2) is 4.47. The molecule has 2 aliphatic carbocycles. The van der Waals surface area contributed by atoms with Crippen LogP contribution in [0.1, 0.15) is 59.8 Å². The average Bonchev–Trinajstić information content (AvgIpc) is 2.68. The van der Waals surface area contributed by atoms with Gasteiger partial charge in [0.25, 0.3) is 0 Å². The first kappa shape index (κ1) is 11.5. The van der Waals surface area contributed by atoms with Crippen molar-refractivity contribution in [2.45, 2.75) is 59.8 Å². The summed E-state index contributed by atoms with van der Waals surface area (Å²) >= 11 is 0. The van der Waals surface area contributed by atoms with Crippen molar-refractivity contribution in [3.05, 3.63) is 0 Å². The molecule has 6 unspecified atom stereocenters. The Hall–Kier alpha value is 0. The number of hydrogen-bond acceptors (Lipinski definition) is 0. The van der Waals surface area contributed by atoms with E-state index < -0.39 is 0 Å². The van der Waals surface area contributed by atoms with Crippen molar-refractivity contribution in [2.75, 3.05) is 0 Å². The maximum absolute atomic E-state index is 2.49. The second-order valence-electron chi connectivity index (χ2n) is 6.58. The monoisotopic (exact) mass is 208 g/mol. The van der Waals surface area contributed by atoms with Gasteiger partial charge in [0, 0.05) is 0 Å². The predicted octanol–water partition coefficient (Wildman–Crippen LogP) is 4.74. The molecule has 0 aliphatic heterocycles. The van der Waals surface area contributed by atoms with Crippen LogP contribution in [0.4, 0.5) is 0 Å². The van der Waals surface area contributed by atoms with Gasteiger partial charge in [-0.3, -0.25) is 0 Å². The number of hydrogen-bond donors (Lipinski definition) is 0. The van der Waals surface area contributed by atoms with E-state index in [1.165, 1.54) is 32.1 Å². The van der Waals surface area contributed by atoms with Crippen LogP contribution in [0, 0.1) is 35.5 Å². The van der Waals surface area contributed by atoms with Gasteiger partial charge < -0.3 is 0 Å². The molecule has 0 radical (unpaired) electrons. The first-order valence-corrected chi connectivity index (χ1v) is 7.09. The van der Waals surface area contributed by atoms with Gasteiger partial charge >= 0.3 is 0 Å². The standard InChI is InChI=1S/C15H28/c1-10-5-7-14(12(10)3)9-15-8-6-11(2)13(15)4/h10-15H,5-9H2,1-4H3. The van der Waals surface area contributed by atoms with Crippen molar-refractivity contribution in [3.63, 3.8) is 0 Å². The molecule has 15 heavy (non-hydrogen) atoms. The molecular weight excluding hydrogens is 180 g/mol. The van der Waals surface area contributed by atoms with Gasteiger partial charge in [-0.05, 0) is 54.8 Å². The van der Waals surface area contributed by atoms with Gasteiger partial charge in [-0.25, -0.2) is 0 Å². The highest BCUT2D eigenvalue weighted by molar-refractivity contribution is 4.86. The van der Waals surface area contributed by atoms with E-state index in [2.05, 4.69) is 27.7 Å². The van der Waals surface area contributed by atoms with Gasteiger partial charge in [0.15, 0.2) is 0 Å². The van der Waals surface area contributed by atoms with E-state index in [1.807, 2.05) is 0 Å². The summed E-state index contributed by atoms with van der Waals surface area (Å²) in [4.78, 5) is 0. The first-order chi connectivity index (χ1) is 7.09. The zero-order valence-corrected chi connectivity index (χ0v) is 11.0. The van der Waals surface area contributed by atoms with Gasteiger partial charge in [-0.15, -0.1) is 0 Å². The summed E-state index contributed by atoms with van der Waals surface area (Å²) in [7, 11) is 0. The molecule has 0 aromatic heterocycles. The quantitative estimate of drug-likeness (QED) is 0.615. The number of rotatable bonds is 2. The minimum absolute atomic E-state index is 0.990. The summed E-state index contributed by atoms with van der Waals surface area (Å²) in [6, 6.07) is 0. The van der Waals surface area contributed by atoms with Crippen molar-refractivity contribution < 1.29 is 0 Å².